The summed E-state index contributed by atoms with van der Waals surface area (Å²) in [6, 6.07) is 1.26. The lowest BCUT2D eigenvalue weighted by Crippen LogP contribution is -2.55. The van der Waals surface area contributed by atoms with Crippen molar-refractivity contribution in [3.05, 3.63) is 15.9 Å². The molecule has 0 saturated carbocycles. The van der Waals surface area contributed by atoms with Crippen LogP contribution < -0.4 is 5.32 Å². The van der Waals surface area contributed by atoms with E-state index < -0.39 is 0 Å². The normalized spacial score (nSPS) is 24.2. The summed E-state index contributed by atoms with van der Waals surface area (Å²) in [5.41, 5.74) is 2.37. The van der Waals surface area contributed by atoms with Crippen LogP contribution in [0.25, 0.3) is 0 Å². The summed E-state index contributed by atoms with van der Waals surface area (Å²) in [6.07, 6.45) is 3.70. The fourth-order valence-electron chi connectivity index (χ4n) is 3.06. The average molecular weight is 343 g/mol. The van der Waals surface area contributed by atoms with Crippen LogP contribution in [0.2, 0.25) is 0 Å². The molecule has 0 bridgehead atoms. The van der Waals surface area contributed by atoms with Crippen LogP contribution in [0.4, 0.5) is 0 Å². The Labute approximate surface area is 131 Å². The lowest BCUT2D eigenvalue weighted by atomic mass is 10.0. The Hall–Kier alpha value is -0.390. The van der Waals surface area contributed by atoms with Gasteiger partial charge in [-0.1, -0.05) is 20.3 Å². The smallest absolute Gasteiger partial charge is 0.0739 e. The van der Waals surface area contributed by atoms with Crippen LogP contribution in [0.5, 0.6) is 0 Å². The molecule has 1 aliphatic rings. The van der Waals surface area contributed by atoms with Gasteiger partial charge in [-0.3, -0.25) is 9.58 Å². The molecular formula is C15H27BrN4. The number of rotatable bonds is 5. The summed E-state index contributed by atoms with van der Waals surface area (Å²) in [5, 5.41) is 8.19. The van der Waals surface area contributed by atoms with E-state index in [-0.39, 0.29) is 0 Å². The third kappa shape index (κ3) is 3.43. The van der Waals surface area contributed by atoms with Gasteiger partial charge < -0.3 is 5.32 Å². The minimum absolute atomic E-state index is 0.621. The molecule has 0 amide bonds. The van der Waals surface area contributed by atoms with E-state index in [9.17, 15) is 0 Å². The molecule has 114 valence electrons. The van der Waals surface area contributed by atoms with Crippen molar-refractivity contribution >= 4 is 15.9 Å². The van der Waals surface area contributed by atoms with Crippen LogP contribution in [-0.2, 0) is 13.6 Å². The van der Waals surface area contributed by atoms with Crippen LogP contribution >= 0.6 is 15.9 Å². The first-order chi connectivity index (χ1) is 9.56. The van der Waals surface area contributed by atoms with E-state index in [0.29, 0.717) is 12.1 Å². The van der Waals surface area contributed by atoms with Crippen LogP contribution in [-0.4, -0.2) is 39.9 Å². The van der Waals surface area contributed by atoms with Gasteiger partial charge in [-0.15, -0.1) is 0 Å². The monoisotopic (exact) mass is 342 g/mol. The molecule has 2 heterocycles. The third-order valence-electron chi connectivity index (χ3n) is 4.34. The Bertz CT molecular complexity index is 443. The Morgan fingerprint density at radius 3 is 2.70 bits per heavy atom. The van der Waals surface area contributed by atoms with Gasteiger partial charge in [0.25, 0.3) is 0 Å². The van der Waals surface area contributed by atoms with Gasteiger partial charge in [0, 0.05) is 38.8 Å². The van der Waals surface area contributed by atoms with E-state index in [2.05, 4.69) is 52.0 Å². The molecule has 1 fully saturated rings. The van der Waals surface area contributed by atoms with Crippen molar-refractivity contribution in [3.8, 4) is 0 Å². The molecule has 4 nitrogen and oxygen atoms in total. The fraction of sp³-hybridized carbons (Fsp3) is 0.800. The summed E-state index contributed by atoms with van der Waals surface area (Å²) in [5.74, 6) is 0. The molecule has 1 aromatic heterocycles. The molecule has 20 heavy (non-hydrogen) atoms. The van der Waals surface area contributed by atoms with E-state index in [1.54, 1.807) is 0 Å². The number of nitrogens with zero attached hydrogens (tertiary/aromatic N) is 3. The predicted molar refractivity (Wildman–Crippen MR) is 86.8 cm³/mol. The Kier molecular flexibility index (Phi) is 5.64. The standard InChI is InChI=1S/C15H27BrN4/c1-5-7-13-8-17-12(6-2)9-20(13)10-14-15(16)11(3)18-19(14)4/h12-13,17H,5-10H2,1-4H3. The van der Waals surface area contributed by atoms with Crippen LogP contribution in [0.15, 0.2) is 4.47 Å². The zero-order chi connectivity index (χ0) is 14.7. The van der Waals surface area contributed by atoms with Gasteiger partial charge in [-0.05, 0) is 35.7 Å². The summed E-state index contributed by atoms with van der Waals surface area (Å²) < 4.78 is 3.19. The second kappa shape index (κ2) is 7.05. The Balaban J connectivity index is 2.13. The highest BCUT2D eigenvalue weighted by Gasteiger charge is 2.27. The van der Waals surface area contributed by atoms with Gasteiger partial charge >= 0.3 is 0 Å². The van der Waals surface area contributed by atoms with Gasteiger partial charge in [0.15, 0.2) is 0 Å². The topological polar surface area (TPSA) is 33.1 Å². The molecule has 0 spiro atoms. The molecule has 1 saturated heterocycles. The number of aryl methyl sites for hydroxylation is 2. The van der Waals surface area contributed by atoms with Crippen molar-refractivity contribution < 1.29 is 0 Å². The molecule has 0 aliphatic carbocycles. The van der Waals surface area contributed by atoms with Crippen molar-refractivity contribution in [2.24, 2.45) is 7.05 Å². The van der Waals surface area contributed by atoms with Crippen molar-refractivity contribution in [1.82, 2.24) is 20.0 Å². The number of piperazine rings is 1. The average Bonchev–Trinajstić information content (AvgIpc) is 2.67. The zero-order valence-electron chi connectivity index (χ0n) is 13.1. The van der Waals surface area contributed by atoms with E-state index in [1.807, 2.05) is 11.7 Å². The number of hydrogen-bond donors (Lipinski definition) is 1. The first-order valence-corrected chi connectivity index (χ1v) is 8.51. The first kappa shape index (κ1) is 16.0. The SMILES string of the molecule is CCCC1CNC(CC)CN1Cc1c(Br)c(C)nn1C. The van der Waals surface area contributed by atoms with E-state index in [4.69, 9.17) is 0 Å². The molecule has 1 aromatic rings. The quantitative estimate of drug-likeness (QED) is 0.893. The van der Waals surface area contributed by atoms with E-state index in [0.717, 1.165) is 25.3 Å². The molecular weight excluding hydrogens is 316 g/mol. The van der Waals surface area contributed by atoms with Crippen LogP contribution in [0.3, 0.4) is 0 Å². The summed E-state index contributed by atoms with van der Waals surface area (Å²) >= 11 is 3.69. The summed E-state index contributed by atoms with van der Waals surface area (Å²) in [6.45, 7) is 9.83. The molecule has 2 unspecified atom stereocenters. The van der Waals surface area contributed by atoms with Crippen LogP contribution in [0, 0.1) is 6.92 Å². The fourth-order valence-corrected chi connectivity index (χ4v) is 3.52. The molecule has 2 atom stereocenters. The van der Waals surface area contributed by atoms with Crippen molar-refractivity contribution in [2.75, 3.05) is 13.1 Å². The number of aromatic nitrogens is 2. The van der Waals surface area contributed by atoms with Gasteiger partial charge in [0.05, 0.1) is 15.9 Å². The highest BCUT2D eigenvalue weighted by atomic mass is 79.9. The largest absolute Gasteiger partial charge is 0.311 e. The third-order valence-corrected chi connectivity index (χ3v) is 5.37. The zero-order valence-corrected chi connectivity index (χ0v) is 14.7. The van der Waals surface area contributed by atoms with E-state index >= 15 is 0 Å². The minimum atomic E-state index is 0.621. The number of halogens is 1. The minimum Gasteiger partial charge on any atom is -0.311 e. The van der Waals surface area contributed by atoms with Gasteiger partial charge in [0.2, 0.25) is 0 Å². The lowest BCUT2D eigenvalue weighted by molar-refractivity contribution is 0.110. The Morgan fingerprint density at radius 2 is 2.15 bits per heavy atom. The van der Waals surface area contributed by atoms with Gasteiger partial charge in [0.1, 0.15) is 0 Å². The highest BCUT2D eigenvalue weighted by molar-refractivity contribution is 9.10. The maximum absolute atomic E-state index is 4.51. The Morgan fingerprint density at radius 1 is 1.40 bits per heavy atom. The summed E-state index contributed by atoms with van der Waals surface area (Å²) in [7, 11) is 2.04. The molecule has 0 radical (unpaired) electrons. The van der Waals surface area contributed by atoms with Gasteiger partial charge in [-0.25, -0.2) is 0 Å². The number of hydrogen-bond acceptors (Lipinski definition) is 3. The molecule has 2 rings (SSSR count). The first-order valence-electron chi connectivity index (χ1n) is 7.72. The van der Waals surface area contributed by atoms with E-state index in [1.165, 1.54) is 29.4 Å². The van der Waals surface area contributed by atoms with Crippen molar-refractivity contribution in [3.63, 3.8) is 0 Å². The van der Waals surface area contributed by atoms with Gasteiger partial charge in [-0.2, -0.15) is 5.10 Å². The second-order valence-electron chi connectivity index (χ2n) is 5.86. The highest BCUT2D eigenvalue weighted by Crippen LogP contribution is 2.24. The predicted octanol–water partition coefficient (Wildman–Crippen LogP) is 2.84. The molecule has 1 aliphatic heterocycles. The number of nitrogens with one attached hydrogen (secondary N) is 1. The van der Waals surface area contributed by atoms with Crippen LogP contribution in [0.1, 0.15) is 44.5 Å². The maximum atomic E-state index is 4.51. The van der Waals surface area contributed by atoms with Crippen molar-refractivity contribution in [2.45, 2.75) is 58.7 Å². The molecule has 5 heteroatoms. The lowest BCUT2D eigenvalue weighted by Gasteiger charge is -2.40. The maximum Gasteiger partial charge on any atom is 0.0739 e. The second-order valence-corrected chi connectivity index (χ2v) is 6.65. The summed E-state index contributed by atoms with van der Waals surface area (Å²) in [4.78, 5) is 2.63. The molecule has 0 aromatic carbocycles. The van der Waals surface area contributed by atoms with Crippen molar-refractivity contribution in [1.29, 1.82) is 0 Å². The molecule has 1 N–H and O–H groups in total.